The smallest absolute Gasteiger partial charge is 0.339 e. The lowest BCUT2D eigenvalue weighted by molar-refractivity contribution is 0.0689. The van der Waals surface area contributed by atoms with E-state index in [1.165, 1.54) is 6.07 Å². The highest BCUT2D eigenvalue weighted by molar-refractivity contribution is 5.90. The highest BCUT2D eigenvalue weighted by atomic mass is 16.5. The first-order valence-electron chi connectivity index (χ1n) is 6.24. The summed E-state index contributed by atoms with van der Waals surface area (Å²) in [5.41, 5.74) is 1.11. The van der Waals surface area contributed by atoms with E-state index in [0.29, 0.717) is 5.75 Å². The Bertz CT molecular complexity index is 590. The molecule has 0 saturated carbocycles. The van der Waals surface area contributed by atoms with Gasteiger partial charge in [0, 0.05) is 0 Å². The van der Waals surface area contributed by atoms with Gasteiger partial charge in [0.2, 0.25) is 0 Å². The minimum atomic E-state index is -0.998. The minimum absolute atomic E-state index is 0.160. The summed E-state index contributed by atoms with van der Waals surface area (Å²) in [6.07, 6.45) is -0.249. The van der Waals surface area contributed by atoms with Gasteiger partial charge < -0.3 is 14.6 Å². The van der Waals surface area contributed by atoms with E-state index < -0.39 is 5.97 Å². The first-order valence-corrected chi connectivity index (χ1v) is 6.24. The summed E-state index contributed by atoms with van der Waals surface area (Å²) in [6, 6.07) is 14.1. The van der Waals surface area contributed by atoms with Crippen molar-refractivity contribution in [2.75, 3.05) is 7.11 Å². The van der Waals surface area contributed by atoms with Crippen LogP contribution in [0.25, 0.3) is 0 Å². The lowest BCUT2D eigenvalue weighted by Gasteiger charge is -2.16. The van der Waals surface area contributed by atoms with Crippen LogP contribution >= 0.6 is 0 Å². The molecular weight excluding hydrogens is 256 g/mol. The van der Waals surface area contributed by atoms with Crippen LogP contribution in [-0.4, -0.2) is 18.2 Å². The lowest BCUT2D eigenvalue weighted by atomic mass is 10.1. The van der Waals surface area contributed by atoms with Crippen LogP contribution in [0.2, 0.25) is 0 Å². The van der Waals surface area contributed by atoms with Crippen LogP contribution < -0.4 is 9.47 Å². The number of rotatable bonds is 5. The minimum Gasteiger partial charge on any atom is -0.497 e. The predicted octanol–water partition coefficient (Wildman–Crippen LogP) is 3.53. The number of carboxylic acid groups (broad SMARTS) is 1. The van der Waals surface area contributed by atoms with Gasteiger partial charge in [-0.05, 0) is 36.8 Å². The molecule has 0 radical (unpaired) electrons. The predicted molar refractivity (Wildman–Crippen MR) is 75.4 cm³/mol. The maximum absolute atomic E-state index is 11.1. The van der Waals surface area contributed by atoms with E-state index in [4.69, 9.17) is 14.6 Å². The Kier molecular flexibility index (Phi) is 4.25. The first kappa shape index (κ1) is 13.9. The Hall–Kier alpha value is -2.49. The molecule has 1 unspecified atom stereocenters. The SMILES string of the molecule is COc1ccc(C(C)Oc2ccccc2C(=O)O)cc1. The van der Waals surface area contributed by atoms with Gasteiger partial charge in [-0.2, -0.15) is 0 Å². The molecule has 2 aromatic carbocycles. The summed E-state index contributed by atoms with van der Waals surface area (Å²) in [5, 5.41) is 9.12. The standard InChI is InChI=1S/C16H16O4/c1-11(12-7-9-13(19-2)10-8-12)20-15-6-4-3-5-14(15)16(17)18/h3-11H,1-2H3,(H,17,18). The van der Waals surface area contributed by atoms with Gasteiger partial charge >= 0.3 is 5.97 Å². The van der Waals surface area contributed by atoms with E-state index in [-0.39, 0.29) is 11.7 Å². The van der Waals surface area contributed by atoms with Gasteiger partial charge in [0.05, 0.1) is 7.11 Å². The quantitative estimate of drug-likeness (QED) is 0.904. The molecule has 0 aromatic heterocycles. The maximum Gasteiger partial charge on any atom is 0.339 e. The van der Waals surface area contributed by atoms with Gasteiger partial charge in [-0.1, -0.05) is 24.3 Å². The van der Waals surface area contributed by atoms with Crippen molar-refractivity contribution in [3.8, 4) is 11.5 Å². The van der Waals surface area contributed by atoms with Gasteiger partial charge in [0.1, 0.15) is 23.2 Å². The van der Waals surface area contributed by atoms with Gasteiger partial charge in [0.15, 0.2) is 0 Å². The van der Waals surface area contributed by atoms with E-state index in [9.17, 15) is 4.79 Å². The second-order valence-corrected chi connectivity index (χ2v) is 4.33. The number of aromatic carboxylic acids is 1. The Morgan fingerprint density at radius 3 is 2.35 bits per heavy atom. The van der Waals surface area contributed by atoms with E-state index in [1.54, 1.807) is 25.3 Å². The molecule has 4 heteroatoms. The van der Waals surface area contributed by atoms with Crippen molar-refractivity contribution in [1.29, 1.82) is 0 Å². The second kappa shape index (κ2) is 6.10. The van der Waals surface area contributed by atoms with E-state index in [0.717, 1.165) is 11.3 Å². The van der Waals surface area contributed by atoms with Crippen LogP contribution in [0.3, 0.4) is 0 Å². The molecule has 4 nitrogen and oxygen atoms in total. The van der Waals surface area contributed by atoms with Crippen molar-refractivity contribution in [2.24, 2.45) is 0 Å². The third-order valence-corrected chi connectivity index (χ3v) is 3.01. The van der Waals surface area contributed by atoms with Crippen molar-refractivity contribution >= 4 is 5.97 Å². The van der Waals surface area contributed by atoms with Gasteiger partial charge in [-0.3, -0.25) is 0 Å². The molecule has 0 aliphatic rings. The zero-order valence-corrected chi connectivity index (χ0v) is 11.4. The van der Waals surface area contributed by atoms with Crippen LogP contribution in [0, 0.1) is 0 Å². The van der Waals surface area contributed by atoms with Crippen molar-refractivity contribution in [3.05, 3.63) is 59.7 Å². The summed E-state index contributed by atoms with van der Waals surface area (Å²) in [4.78, 5) is 11.1. The highest BCUT2D eigenvalue weighted by Gasteiger charge is 2.14. The van der Waals surface area contributed by atoms with Crippen LogP contribution in [0.1, 0.15) is 28.9 Å². The second-order valence-electron chi connectivity index (χ2n) is 4.33. The van der Waals surface area contributed by atoms with E-state index >= 15 is 0 Å². The van der Waals surface area contributed by atoms with E-state index in [2.05, 4.69) is 0 Å². The number of hydrogen-bond donors (Lipinski definition) is 1. The van der Waals surface area contributed by atoms with Crippen LogP contribution in [-0.2, 0) is 0 Å². The summed E-state index contributed by atoms with van der Waals surface area (Å²) in [6.45, 7) is 1.88. The molecule has 0 aliphatic heterocycles. The van der Waals surface area contributed by atoms with Gasteiger partial charge in [-0.25, -0.2) is 4.79 Å². The molecule has 0 bridgehead atoms. The van der Waals surface area contributed by atoms with Crippen molar-refractivity contribution in [1.82, 2.24) is 0 Å². The molecule has 104 valence electrons. The molecule has 0 spiro atoms. The van der Waals surface area contributed by atoms with Crippen LogP contribution in [0.5, 0.6) is 11.5 Å². The molecule has 0 saturated heterocycles. The molecule has 20 heavy (non-hydrogen) atoms. The number of ether oxygens (including phenoxy) is 2. The third-order valence-electron chi connectivity index (χ3n) is 3.01. The molecule has 0 fully saturated rings. The number of benzene rings is 2. The van der Waals surface area contributed by atoms with Crippen LogP contribution in [0.15, 0.2) is 48.5 Å². The summed E-state index contributed by atoms with van der Waals surface area (Å²) in [5.74, 6) is 0.137. The molecular formula is C16H16O4. The largest absolute Gasteiger partial charge is 0.497 e. The summed E-state index contributed by atoms with van der Waals surface area (Å²) in [7, 11) is 1.61. The number of methoxy groups -OCH3 is 1. The fourth-order valence-electron chi connectivity index (χ4n) is 1.88. The monoisotopic (exact) mass is 272 g/mol. The van der Waals surface area contributed by atoms with Crippen LogP contribution in [0.4, 0.5) is 0 Å². The molecule has 1 atom stereocenters. The molecule has 2 aromatic rings. The highest BCUT2D eigenvalue weighted by Crippen LogP contribution is 2.26. The molecule has 0 aliphatic carbocycles. The van der Waals surface area contributed by atoms with Crippen molar-refractivity contribution in [2.45, 2.75) is 13.0 Å². The summed E-state index contributed by atoms with van der Waals surface area (Å²) >= 11 is 0. The zero-order chi connectivity index (χ0) is 14.5. The Balaban J connectivity index is 2.18. The zero-order valence-electron chi connectivity index (χ0n) is 11.4. The number of para-hydroxylation sites is 1. The molecule has 0 heterocycles. The number of hydrogen-bond acceptors (Lipinski definition) is 3. The summed E-state index contributed by atoms with van der Waals surface area (Å²) < 4.78 is 10.8. The van der Waals surface area contributed by atoms with Crippen molar-refractivity contribution in [3.63, 3.8) is 0 Å². The topological polar surface area (TPSA) is 55.8 Å². The average Bonchev–Trinajstić information content (AvgIpc) is 2.47. The van der Waals surface area contributed by atoms with Gasteiger partial charge in [0.25, 0.3) is 0 Å². The number of carbonyl (C=O) groups is 1. The Labute approximate surface area is 117 Å². The van der Waals surface area contributed by atoms with Crippen molar-refractivity contribution < 1.29 is 19.4 Å². The lowest BCUT2D eigenvalue weighted by Crippen LogP contribution is -2.07. The average molecular weight is 272 g/mol. The fourth-order valence-corrected chi connectivity index (χ4v) is 1.88. The first-order chi connectivity index (χ1) is 9.61. The normalized spacial score (nSPS) is 11.7. The molecule has 2 rings (SSSR count). The maximum atomic E-state index is 11.1. The molecule has 1 N–H and O–H groups in total. The van der Waals surface area contributed by atoms with Gasteiger partial charge in [-0.15, -0.1) is 0 Å². The number of carboxylic acids is 1. The fraction of sp³-hybridized carbons (Fsp3) is 0.188. The third kappa shape index (κ3) is 3.09. The molecule has 0 amide bonds. The van der Waals surface area contributed by atoms with E-state index in [1.807, 2.05) is 31.2 Å². The Morgan fingerprint density at radius 1 is 1.10 bits per heavy atom. The Morgan fingerprint density at radius 2 is 1.75 bits per heavy atom.